The zero-order chi connectivity index (χ0) is 5.98. The number of hydrogen-bond acceptors (Lipinski definition) is 2. The Morgan fingerprint density at radius 1 is 1.75 bits per heavy atom. The summed E-state index contributed by atoms with van der Waals surface area (Å²) >= 11 is 1.36. The molecule has 0 aliphatic heterocycles. The molecule has 0 spiro atoms. The Labute approximate surface area is 52.8 Å². The maximum atomic E-state index is 10.0. The molecule has 0 aliphatic rings. The first kappa shape index (κ1) is 5.57. The molecule has 0 aromatic carbocycles. The first-order valence-corrected chi connectivity index (χ1v) is 3.00. The van der Waals surface area contributed by atoms with Gasteiger partial charge in [0.2, 0.25) is 0 Å². The largest absolute Gasteiger partial charge is 0.297 e. The third kappa shape index (κ3) is 0.818. The van der Waals surface area contributed by atoms with Crippen molar-refractivity contribution in [2.75, 3.05) is 0 Å². The van der Waals surface area contributed by atoms with Gasteiger partial charge in [-0.05, 0) is 5.38 Å². The van der Waals surface area contributed by atoms with Crippen molar-refractivity contribution in [3.63, 3.8) is 0 Å². The molecule has 0 saturated heterocycles. The molecule has 38 valence electrons. The Hall–Kier alpha value is -0.565. The van der Waals surface area contributed by atoms with Gasteiger partial charge < -0.3 is 0 Å². The second-order valence-electron chi connectivity index (χ2n) is 1.36. The van der Waals surface area contributed by atoms with E-state index in [0.717, 1.165) is 6.29 Å². The van der Waals surface area contributed by atoms with E-state index < -0.39 is 0 Å². The Balaban J connectivity index is 3.09. The molecule has 0 fully saturated rings. The molecular weight excluding hydrogens is 119 g/mol. The molecular formula is C5H3BOS. The SMILES string of the molecule is [B]c1ccsc1C=O. The number of aldehydes is 1. The van der Waals surface area contributed by atoms with Crippen molar-refractivity contribution in [2.24, 2.45) is 0 Å². The molecule has 0 amide bonds. The number of thiophene rings is 1. The number of carbonyl (C=O) groups is 1. The van der Waals surface area contributed by atoms with Crippen LogP contribution >= 0.6 is 11.3 Å². The Kier molecular flexibility index (Phi) is 1.49. The predicted octanol–water partition coefficient (Wildman–Crippen LogP) is 0.354. The number of rotatable bonds is 1. The minimum atomic E-state index is 0.574. The molecule has 0 saturated carbocycles. The van der Waals surface area contributed by atoms with Crippen molar-refractivity contribution < 1.29 is 4.79 Å². The van der Waals surface area contributed by atoms with E-state index in [1.807, 2.05) is 0 Å². The summed E-state index contributed by atoms with van der Waals surface area (Å²) in [5.74, 6) is 0. The van der Waals surface area contributed by atoms with Gasteiger partial charge in [-0.3, -0.25) is 4.79 Å². The van der Waals surface area contributed by atoms with Crippen molar-refractivity contribution in [1.29, 1.82) is 0 Å². The quantitative estimate of drug-likeness (QED) is 0.388. The maximum absolute atomic E-state index is 10.0. The first-order chi connectivity index (χ1) is 3.84. The highest BCUT2D eigenvalue weighted by Gasteiger charge is 1.92. The van der Waals surface area contributed by atoms with E-state index in [1.54, 1.807) is 11.4 Å². The Bertz CT molecular complexity index is 194. The van der Waals surface area contributed by atoms with Gasteiger partial charge in [0.25, 0.3) is 0 Å². The fourth-order valence-corrected chi connectivity index (χ4v) is 1.05. The van der Waals surface area contributed by atoms with Gasteiger partial charge in [0.1, 0.15) is 7.85 Å². The summed E-state index contributed by atoms with van der Waals surface area (Å²) in [6.07, 6.45) is 0.764. The van der Waals surface area contributed by atoms with Crippen molar-refractivity contribution >= 4 is 30.9 Å². The summed E-state index contributed by atoms with van der Waals surface area (Å²) in [5, 5.41) is 1.79. The van der Waals surface area contributed by atoms with Gasteiger partial charge in [0.05, 0.1) is 4.88 Å². The van der Waals surface area contributed by atoms with Crippen LogP contribution in [0.15, 0.2) is 11.4 Å². The molecule has 0 atom stereocenters. The molecule has 8 heavy (non-hydrogen) atoms. The second-order valence-corrected chi connectivity index (χ2v) is 2.31. The smallest absolute Gasteiger partial charge is 0.159 e. The number of hydrogen-bond donors (Lipinski definition) is 0. The molecule has 1 nitrogen and oxygen atoms in total. The molecule has 0 N–H and O–H groups in total. The zero-order valence-electron chi connectivity index (χ0n) is 4.13. The second kappa shape index (κ2) is 2.14. The van der Waals surface area contributed by atoms with E-state index in [-0.39, 0.29) is 0 Å². The molecule has 1 aromatic heterocycles. The molecule has 3 heteroatoms. The Morgan fingerprint density at radius 2 is 2.50 bits per heavy atom. The van der Waals surface area contributed by atoms with Crippen LogP contribution in [-0.2, 0) is 0 Å². The Morgan fingerprint density at radius 3 is 2.75 bits per heavy atom. The molecule has 0 aliphatic carbocycles. The fraction of sp³-hybridized carbons (Fsp3) is 0. The predicted molar refractivity (Wildman–Crippen MR) is 35.1 cm³/mol. The third-order valence-corrected chi connectivity index (χ3v) is 1.69. The molecule has 1 heterocycles. The molecule has 2 radical (unpaired) electrons. The van der Waals surface area contributed by atoms with Crippen LogP contribution < -0.4 is 5.46 Å². The highest BCUT2D eigenvalue weighted by Crippen LogP contribution is 1.99. The summed E-state index contributed by atoms with van der Waals surface area (Å²) in [4.78, 5) is 10.6. The summed E-state index contributed by atoms with van der Waals surface area (Å²) in [5.41, 5.74) is 0.574. The maximum Gasteiger partial charge on any atom is 0.159 e. The van der Waals surface area contributed by atoms with E-state index in [2.05, 4.69) is 0 Å². The third-order valence-electron chi connectivity index (χ3n) is 0.834. The molecule has 0 unspecified atom stereocenters. The van der Waals surface area contributed by atoms with Crippen LogP contribution in [-0.4, -0.2) is 14.1 Å². The van der Waals surface area contributed by atoms with Gasteiger partial charge in [0.15, 0.2) is 6.29 Å². The lowest BCUT2D eigenvalue weighted by Crippen LogP contribution is -2.01. The normalized spacial score (nSPS) is 9.00. The average Bonchev–Trinajstić information content (AvgIpc) is 2.14. The standard InChI is InChI=1S/C5H3BOS/c6-4-1-2-8-5(4)3-7/h1-3H. The first-order valence-electron chi connectivity index (χ1n) is 2.12. The van der Waals surface area contributed by atoms with E-state index >= 15 is 0 Å². The van der Waals surface area contributed by atoms with Crippen LogP contribution in [0.4, 0.5) is 0 Å². The summed E-state index contributed by atoms with van der Waals surface area (Å²) in [6.45, 7) is 0. The molecule has 0 bridgehead atoms. The molecule has 1 aromatic rings. The van der Waals surface area contributed by atoms with Crippen LogP contribution in [0, 0.1) is 0 Å². The summed E-state index contributed by atoms with van der Waals surface area (Å²) in [7, 11) is 5.33. The van der Waals surface area contributed by atoms with E-state index in [1.165, 1.54) is 11.3 Å². The van der Waals surface area contributed by atoms with E-state index in [0.29, 0.717) is 10.3 Å². The van der Waals surface area contributed by atoms with Crippen LogP contribution in [0.25, 0.3) is 0 Å². The van der Waals surface area contributed by atoms with Gasteiger partial charge in [-0.2, -0.15) is 0 Å². The summed E-state index contributed by atoms with van der Waals surface area (Å²) < 4.78 is 0. The summed E-state index contributed by atoms with van der Waals surface area (Å²) in [6, 6.07) is 1.72. The zero-order valence-corrected chi connectivity index (χ0v) is 4.94. The lowest BCUT2D eigenvalue weighted by atomic mass is 9.98. The van der Waals surface area contributed by atoms with Crippen LogP contribution in [0.3, 0.4) is 0 Å². The molecule has 1 rings (SSSR count). The van der Waals surface area contributed by atoms with Crippen molar-refractivity contribution in [3.05, 3.63) is 16.3 Å². The monoisotopic (exact) mass is 122 g/mol. The van der Waals surface area contributed by atoms with Gasteiger partial charge >= 0.3 is 0 Å². The average molecular weight is 122 g/mol. The van der Waals surface area contributed by atoms with E-state index in [9.17, 15) is 4.79 Å². The van der Waals surface area contributed by atoms with Crippen molar-refractivity contribution in [2.45, 2.75) is 0 Å². The number of carbonyl (C=O) groups excluding carboxylic acids is 1. The topological polar surface area (TPSA) is 17.1 Å². The lowest BCUT2D eigenvalue weighted by Gasteiger charge is -1.79. The highest BCUT2D eigenvalue weighted by atomic mass is 32.1. The minimum absolute atomic E-state index is 0.574. The van der Waals surface area contributed by atoms with E-state index in [4.69, 9.17) is 7.85 Å². The van der Waals surface area contributed by atoms with Crippen LogP contribution in [0.5, 0.6) is 0 Å². The van der Waals surface area contributed by atoms with Crippen LogP contribution in [0.1, 0.15) is 9.67 Å². The van der Waals surface area contributed by atoms with Gasteiger partial charge in [-0.1, -0.05) is 11.5 Å². The fourth-order valence-electron chi connectivity index (χ4n) is 0.427. The van der Waals surface area contributed by atoms with Gasteiger partial charge in [-0.15, -0.1) is 11.3 Å². The van der Waals surface area contributed by atoms with Gasteiger partial charge in [0, 0.05) is 0 Å². The van der Waals surface area contributed by atoms with Crippen molar-refractivity contribution in [1.82, 2.24) is 0 Å². The lowest BCUT2D eigenvalue weighted by molar-refractivity contribution is 0.112. The van der Waals surface area contributed by atoms with Crippen molar-refractivity contribution in [3.8, 4) is 0 Å². The van der Waals surface area contributed by atoms with Crippen LogP contribution in [0.2, 0.25) is 0 Å². The highest BCUT2D eigenvalue weighted by molar-refractivity contribution is 7.12. The minimum Gasteiger partial charge on any atom is -0.297 e. The van der Waals surface area contributed by atoms with Gasteiger partial charge in [-0.25, -0.2) is 0 Å².